The van der Waals surface area contributed by atoms with E-state index >= 15 is 0 Å². The second-order valence-corrected chi connectivity index (χ2v) is 5.46. The molecule has 0 aliphatic carbocycles. The highest BCUT2D eigenvalue weighted by molar-refractivity contribution is 6.05. The fourth-order valence-corrected chi connectivity index (χ4v) is 2.76. The number of aromatic amines is 1. The molecule has 1 N–H and O–H groups in total. The molecule has 2 nitrogen and oxygen atoms in total. The number of rotatable bonds is 2. The number of hydrogen-bond donors (Lipinski definition) is 1. The monoisotopic (exact) mass is 281 g/mol. The van der Waals surface area contributed by atoms with Gasteiger partial charge in [0.05, 0.1) is 16.8 Å². The third kappa shape index (κ3) is 2.05. The van der Waals surface area contributed by atoms with Gasteiger partial charge in [-0.1, -0.05) is 23.8 Å². The van der Waals surface area contributed by atoms with Gasteiger partial charge in [-0.2, -0.15) is 0 Å². The average Bonchev–Trinajstić information content (AvgIpc) is 2.86. The lowest BCUT2D eigenvalue weighted by molar-refractivity contribution is 0.112. The number of hydrogen-bond acceptors (Lipinski definition) is 1. The second-order valence-electron chi connectivity index (χ2n) is 5.46. The van der Waals surface area contributed by atoms with E-state index in [1.807, 2.05) is 39.0 Å². The molecule has 106 valence electrons. The number of nitrogens with one attached hydrogen (secondary N) is 1. The van der Waals surface area contributed by atoms with Crippen molar-refractivity contribution in [2.75, 3.05) is 0 Å². The number of fused-ring (bicyclic) bond motifs is 1. The number of carbonyl (C=O) groups excluding carboxylic acids is 1. The van der Waals surface area contributed by atoms with Crippen LogP contribution in [0, 0.1) is 26.6 Å². The van der Waals surface area contributed by atoms with E-state index in [0.29, 0.717) is 22.2 Å². The largest absolute Gasteiger partial charge is 0.354 e. The SMILES string of the molecule is Cc1ccc(C)c(-c2[nH]c3c(C)ccc(F)c3c2C=O)c1. The van der Waals surface area contributed by atoms with Crippen molar-refractivity contribution in [3.8, 4) is 11.3 Å². The fraction of sp³-hybridized carbons (Fsp3) is 0.167. The van der Waals surface area contributed by atoms with Gasteiger partial charge in [0.1, 0.15) is 5.82 Å². The van der Waals surface area contributed by atoms with Crippen LogP contribution in [-0.2, 0) is 0 Å². The summed E-state index contributed by atoms with van der Waals surface area (Å²) in [5.74, 6) is -0.370. The highest BCUT2D eigenvalue weighted by atomic mass is 19.1. The summed E-state index contributed by atoms with van der Waals surface area (Å²) in [6, 6.07) is 9.17. The molecular weight excluding hydrogens is 265 g/mol. The van der Waals surface area contributed by atoms with E-state index in [1.165, 1.54) is 6.07 Å². The minimum Gasteiger partial charge on any atom is -0.354 e. The molecule has 0 atom stereocenters. The molecule has 0 saturated carbocycles. The van der Waals surface area contributed by atoms with Crippen LogP contribution in [0.4, 0.5) is 4.39 Å². The van der Waals surface area contributed by atoms with E-state index < -0.39 is 0 Å². The Bertz CT molecular complexity index is 861. The van der Waals surface area contributed by atoms with Crippen LogP contribution >= 0.6 is 0 Å². The highest BCUT2D eigenvalue weighted by Crippen LogP contribution is 2.34. The minimum atomic E-state index is -0.370. The maximum absolute atomic E-state index is 14.1. The van der Waals surface area contributed by atoms with Crippen molar-refractivity contribution in [2.45, 2.75) is 20.8 Å². The maximum Gasteiger partial charge on any atom is 0.152 e. The molecule has 0 bridgehead atoms. The average molecular weight is 281 g/mol. The van der Waals surface area contributed by atoms with E-state index in [2.05, 4.69) is 4.98 Å². The summed E-state index contributed by atoms with van der Waals surface area (Å²) in [5.41, 5.74) is 5.78. The van der Waals surface area contributed by atoms with Crippen LogP contribution in [0.15, 0.2) is 30.3 Å². The van der Waals surface area contributed by atoms with Gasteiger partial charge in [-0.15, -0.1) is 0 Å². The summed E-state index contributed by atoms with van der Waals surface area (Å²) in [5, 5.41) is 0.376. The lowest BCUT2D eigenvalue weighted by Gasteiger charge is -2.06. The number of benzene rings is 2. The van der Waals surface area contributed by atoms with E-state index in [1.54, 1.807) is 6.07 Å². The standard InChI is InChI=1S/C18H16FNO/c1-10-4-5-11(2)13(8-10)18-14(9-21)16-15(19)7-6-12(3)17(16)20-18/h4-9,20H,1-3H3. The first-order valence-electron chi connectivity index (χ1n) is 6.86. The first-order chi connectivity index (χ1) is 10.0. The van der Waals surface area contributed by atoms with Gasteiger partial charge in [-0.05, 0) is 44.0 Å². The van der Waals surface area contributed by atoms with Crippen molar-refractivity contribution in [1.82, 2.24) is 4.98 Å². The number of halogens is 1. The fourth-order valence-electron chi connectivity index (χ4n) is 2.76. The third-order valence-corrected chi connectivity index (χ3v) is 3.93. The summed E-state index contributed by atoms with van der Waals surface area (Å²) in [6.45, 7) is 5.88. The molecule has 0 radical (unpaired) electrons. The van der Waals surface area contributed by atoms with E-state index in [9.17, 15) is 9.18 Å². The smallest absolute Gasteiger partial charge is 0.152 e. The molecule has 3 rings (SSSR count). The first-order valence-corrected chi connectivity index (χ1v) is 6.86. The zero-order valence-corrected chi connectivity index (χ0v) is 12.3. The van der Waals surface area contributed by atoms with Gasteiger partial charge in [0, 0.05) is 10.9 Å². The summed E-state index contributed by atoms with van der Waals surface area (Å²) in [6.07, 6.45) is 0.735. The van der Waals surface area contributed by atoms with Crippen LogP contribution in [0.5, 0.6) is 0 Å². The van der Waals surface area contributed by atoms with Crippen molar-refractivity contribution in [3.05, 3.63) is 58.4 Å². The van der Waals surface area contributed by atoms with Crippen molar-refractivity contribution in [1.29, 1.82) is 0 Å². The molecular formula is C18H16FNO. The molecule has 0 aliphatic heterocycles. The normalized spacial score (nSPS) is 11.0. The molecule has 3 heteroatoms. The van der Waals surface area contributed by atoms with Crippen LogP contribution in [0.25, 0.3) is 22.2 Å². The van der Waals surface area contributed by atoms with Gasteiger partial charge in [0.25, 0.3) is 0 Å². The lowest BCUT2D eigenvalue weighted by Crippen LogP contribution is -1.89. The Morgan fingerprint density at radius 2 is 1.76 bits per heavy atom. The Labute approximate surface area is 122 Å². The molecule has 2 aromatic carbocycles. The topological polar surface area (TPSA) is 32.9 Å². The Hall–Kier alpha value is -2.42. The summed E-state index contributed by atoms with van der Waals surface area (Å²) >= 11 is 0. The van der Waals surface area contributed by atoms with Crippen LogP contribution in [0.3, 0.4) is 0 Å². The van der Waals surface area contributed by atoms with E-state index in [-0.39, 0.29) is 5.82 Å². The van der Waals surface area contributed by atoms with Gasteiger partial charge in [0.15, 0.2) is 6.29 Å². The predicted molar refractivity (Wildman–Crippen MR) is 83.3 cm³/mol. The second kappa shape index (κ2) is 4.85. The first kappa shape index (κ1) is 13.6. The van der Waals surface area contributed by atoms with Gasteiger partial charge in [-0.25, -0.2) is 4.39 Å². The molecule has 0 spiro atoms. The molecule has 0 unspecified atom stereocenters. The van der Waals surface area contributed by atoms with Crippen LogP contribution in [0.2, 0.25) is 0 Å². The molecule has 3 aromatic rings. The van der Waals surface area contributed by atoms with Gasteiger partial charge in [-0.3, -0.25) is 4.79 Å². The highest BCUT2D eigenvalue weighted by Gasteiger charge is 2.18. The molecule has 1 heterocycles. The zero-order valence-electron chi connectivity index (χ0n) is 12.3. The third-order valence-electron chi connectivity index (χ3n) is 3.93. The molecule has 0 fully saturated rings. The van der Waals surface area contributed by atoms with Crippen molar-refractivity contribution in [3.63, 3.8) is 0 Å². The number of carbonyl (C=O) groups is 1. The van der Waals surface area contributed by atoms with E-state index in [4.69, 9.17) is 0 Å². The Kier molecular flexibility index (Phi) is 3.13. The van der Waals surface area contributed by atoms with Crippen molar-refractivity contribution in [2.24, 2.45) is 0 Å². The Balaban J connectivity index is 2.43. The van der Waals surface area contributed by atoms with Gasteiger partial charge >= 0.3 is 0 Å². The maximum atomic E-state index is 14.1. The predicted octanol–water partition coefficient (Wildman–Crippen LogP) is 4.71. The molecule has 21 heavy (non-hydrogen) atoms. The number of aryl methyl sites for hydroxylation is 3. The number of aldehydes is 1. The molecule has 0 aliphatic rings. The lowest BCUT2D eigenvalue weighted by atomic mass is 9.99. The van der Waals surface area contributed by atoms with Crippen LogP contribution < -0.4 is 0 Å². The molecule has 0 saturated heterocycles. The van der Waals surface area contributed by atoms with E-state index in [0.717, 1.165) is 28.5 Å². The van der Waals surface area contributed by atoms with Crippen LogP contribution in [0.1, 0.15) is 27.0 Å². The van der Waals surface area contributed by atoms with Gasteiger partial charge in [0.2, 0.25) is 0 Å². The summed E-state index contributed by atoms with van der Waals surface area (Å²) in [4.78, 5) is 14.8. The number of aromatic nitrogens is 1. The summed E-state index contributed by atoms with van der Waals surface area (Å²) in [7, 11) is 0. The Morgan fingerprint density at radius 3 is 2.48 bits per heavy atom. The van der Waals surface area contributed by atoms with Crippen LogP contribution in [-0.4, -0.2) is 11.3 Å². The quantitative estimate of drug-likeness (QED) is 0.678. The number of H-pyrrole nitrogens is 1. The molecule has 1 aromatic heterocycles. The Morgan fingerprint density at radius 1 is 1.05 bits per heavy atom. The summed E-state index contributed by atoms with van der Waals surface area (Å²) < 4.78 is 14.1. The van der Waals surface area contributed by atoms with Crippen molar-refractivity contribution < 1.29 is 9.18 Å². The minimum absolute atomic E-state index is 0.370. The zero-order chi connectivity index (χ0) is 15.1. The van der Waals surface area contributed by atoms with Gasteiger partial charge < -0.3 is 4.98 Å². The molecule has 0 amide bonds. The van der Waals surface area contributed by atoms with Crippen molar-refractivity contribution >= 4 is 17.2 Å².